The van der Waals surface area contributed by atoms with Crippen LogP contribution in [-0.4, -0.2) is 33.8 Å². The Balaban J connectivity index is 0. The van der Waals surface area contributed by atoms with E-state index in [1.54, 1.807) is 0 Å². The van der Waals surface area contributed by atoms with Crippen molar-refractivity contribution in [3.8, 4) is 0 Å². The molecule has 0 bridgehead atoms. The van der Waals surface area contributed by atoms with Gasteiger partial charge in [0.2, 0.25) is 0 Å². The Kier molecular flexibility index (Phi) is 14.0. The molecule has 1 N–H and O–H groups in total. The van der Waals surface area contributed by atoms with Crippen LogP contribution >= 0.6 is 0 Å². The van der Waals surface area contributed by atoms with Crippen LogP contribution < -0.4 is 0 Å². The van der Waals surface area contributed by atoms with E-state index < -0.39 is 8.80 Å². The summed E-state index contributed by atoms with van der Waals surface area (Å²) in [6.07, 6.45) is 1.05. The summed E-state index contributed by atoms with van der Waals surface area (Å²) < 4.78 is 16.9. The van der Waals surface area contributed by atoms with Crippen LogP contribution in [0.4, 0.5) is 0 Å². The van der Waals surface area contributed by atoms with E-state index in [1.165, 1.54) is 5.34 Å². The van der Waals surface area contributed by atoms with E-state index in [1.807, 2.05) is 20.8 Å². The average molecular weight is 253 g/mol. The van der Waals surface area contributed by atoms with Crippen LogP contribution in [0.5, 0.6) is 0 Å². The summed E-state index contributed by atoms with van der Waals surface area (Å²) in [4.78, 5) is 8.11. The highest BCUT2D eigenvalue weighted by Crippen LogP contribution is 2.17. The van der Waals surface area contributed by atoms with Crippen LogP contribution in [-0.2, 0) is 13.3 Å². The Morgan fingerprint density at radius 1 is 1.00 bits per heavy atom. The Bertz CT molecular complexity index is 129. The fraction of sp³-hybridized carbons (Fsp3) is 1.00. The summed E-state index contributed by atoms with van der Waals surface area (Å²) in [5.74, 6) is 0. The average Bonchev–Trinajstić information content (AvgIpc) is 2.20. The van der Waals surface area contributed by atoms with E-state index in [-0.39, 0.29) is 0 Å². The van der Waals surface area contributed by atoms with Gasteiger partial charge in [-0.1, -0.05) is 13.3 Å². The van der Waals surface area contributed by atoms with Crippen LogP contribution in [0.15, 0.2) is 5.34 Å². The van der Waals surface area contributed by atoms with Gasteiger partial charge in [-0.05, 0) is 20.8 Å². The predicted octanol–water partition coefficient (Wildman–Crippen LogP) is 2.59. The molecular weight excluding hydrogens is 230 g/mol. The van der Waals surface area contributed by atoms with Gasteiger partial charge in [0.25, 0.3) is 0 Å². The van der Waals surface area contributed by atoms with Crippen molar-refractivity contribution in [2.75, 3.05) is 19.8 Å². The molecule has 16 heavy (non-hydrogen) atoms. The fourth-order valence-electron chi connectivity index (χ4n) is 1.31. The third-order valence-electron chi connectivity index (χ3n) is 1.65. The molecule has 0 aliphatic heterocycles. The van der Waals surface area contributed by atoms with Crippen LogP contribution in [0.3, 0.4) is 0 Å². The summed E-state index contributed by atoms with van der Waals surface area (Å²) in [6.45, 7) is 10.1. The molecule has 6 nitrogen and oxygen atoms in total. The van der Waals surface area contributed by atoms with E-state index in [0.717, 1.165) is 12.5 Å². The minimum atomic E-state index is -2.30. The summed E-state index contributed by atoms with van der Waals surface area (Å²) >= 11 is 0. The molecule has 0 radical (unpaired) electrons. The molecule has 0 saturated carbocycles. The number of hydrogen-bond donors (Lipinski definition) is 1. The highest BCUT2D eigenvalue weighted by atomic mass is 28.4. The van der Waals surface area contributed by atoms with Crippen molar-refractivity contribution in [2.24, 2.45) is 5.34 Å². The third kappa shape index (κ3) is 8.78. The largest absolute Gasteiger partial charge is 0.500 e. The van der Waals surface area contributed by atoms with E-state index in [0.29, 0.717) is 19.8 Å². The first-order chi connectivity index (χ1) is 7.66. The summed E-state index contributed by atoms with van der Waals surface area (Å²) in [7, 11) is -2.30. The molecule has 98 valence electrons. The van der Waals surface area contributed by atoms with Crippen LogP contribution in [0, 0.1) is 4.91 Å². The third-order valence-corrected chi connectivity index (χ3v) is 4.95. The lowest BCUT2D eigenvalue weighted by Crippen LogP contribution is -2.45. The number of nitrogens with zero attached hydrogens (tertiary/aromatic N) is 1. The number of rotatable bonds is 8. The van der Waals surface area contributed by atoms with Gasteiger partial charge in [-0.2, -0.15) is 0 Å². The van der Waals surface area contributed by atoms with Gasteiger partial charge in [0.15, 0.2) is 5.34 Å². The minimum Gasteiger partial charge on any atom is -0.379 e. The fourth-order valence-corrected chi connectivity index (χ4v) is 3.92. The molecule has 0 unspecified atom stereocenters. The topological polar surface area (TPSA) is 77.4 Å². The molecule has 0 atom stereocenters. The van der Waals surface area contributed by atoms with Crippen molar-refractivity contribution < 1.29 is 18.5 Å². The van der Waals surface area contributed by atoms with Gasteiger partial charge in [0.05, 0.1) is 0 Å². The quantitative estimate of drug-likeness (QED) is 0.408. The van der Waals surface area contributed by atoms with Gasteiger partial charge in [-0.25, -0.2) is 0 Å². The first-order valence-corrected chi connectivity index (χ1v) is 7.47. The predicted molar refractivity (Wildman–Crippen MR) is 63.3 cm³/mol. The van der Waals surface area contributed by atoms with E-state index in [2.05, 4.69) is 6.92 Å². The zero-order valence-corrected chi connectivity index (χ0v) is 11.6. The molecule has 0 amide bonds. The van der Waals surface area contributed by atoms with E-state index in [9.17, 15) is 0 Å². The van der Waals surface area contributed by atoms with Crippen molar-refractivity contribution in [1.82, 2.24) is 0 Å². The monoisotopic (exact) mass is 253 g/mol. The van der Waals surface area contributed by atoms with Crippen molar-refractivity contribution in [1.29, 1.82) is 0 Å². The minimum absolute atomic E-state index is 0.673. The van der Waals surface area contributed by atoms with Gasteiger partial charge in [-0.15, -0.1) is 4.91 Å². The molecule has 0 spiro atoms. The maximum absolute atomic E-state index is 8.11. The van der Waals surface area contributed by atoms with Crippen LogP contribution in [0.2, 0.25) is 6.04 Å². The van der Waals surface area contributed by atoms with Crippen molar-refractivity contribution in [3.05, 3.63) is 4.91 Å². The molecule has 0 fully saturated rings. The zero-order chi connectivity index (χ0) is 12.9. The second kappa shape index (κ2) is 12.6. The zero-order valence-electron chi connectivity index (χ0n) is 10.6. The number of hydrogen-bond acceptors (Lipinski definition) is 5. The molecular formula is C9H23NO5Si. The van der Waals surface area contributed by atoms with E-state index in [4.69, 9.17) is 23.4 Å². The lowest BCUT2D eigenvalue weighted by molar-refractivity contribution is 0.0712. The second-order valence-electron chi connectivity index (χ2n) is 2.81. The molecule has 0 aliphatic carbocycles. The van der Waals surface area contributed by atoms with Gasteiger partial charge in [-0.3, -0.25) is 0 Å². The molecule has 0 aromatic carbocycles. The lowest BCUT2D eigenvalue weighted by Gasteiger charge is -2.27. The van der Waals surface area contributed by atoms with Gasteiger partial charge in [0, 0.05) is 25.9 Å². The summed E-state index contributed by atoms with van der Waals surface area (Å²) in [5, 5.41) is 7.89. The normalized spacial score (nSPS) is 10.5. The molecule has 0 aromatic rings. The Morgan fingerprint density at radius 2 is 1.31 bits per heavy atom. The standard InChI is InChI=1S/C9H22O3Si.HNO2/c1-5-9-13(10-6-2,11-7-3)12-8-4;2-1-3/h5-9H2,1-4H3;(H,2,3). The summed E-state index contributed by atoms with van der Waals surface area (Å²) in [6, 6.07) is 0.919. The highest BCUT2D eigenvalue weighted by Gasteiger charge is 2.38. The summed E-state index contributed by atoms with van der Waals surface area (Å²) in [5.41, 5.74) is 0. The Morgan fingerprint density at radius 3 is 1.50 bits per heavy atom. The van der Waals surface area contributed by atoms with Crippen LogP contribution in [0.1, 0.15) is 34.1 Å². The first kappa shape index (κ1) is 17.9. The Labute approximate surface area is 98.2 Å². The van der Waals surface area contributed by atoms with E-state index >= 15 is 0 Å². The van der Waals surface area contributed by atoms with Gasteiger partial charge < -0.3 is 18.5 Å². The molecule has 7 heteroatoms. The van der Waals surface area contributed by atoms with Crippen molar-refractivity contribution in [3.63, 3.8) is 0 Å². The molecule has 0 saturated heterocycles. The first-order valence-electron chi connectivity index (χ1n) is 5.54. The molecule has 0 rings (SSSR count). The lowest BCUT2D eigenvalue weighted by atomic mass is 10.6. The maximum atomic E-state index is 8.11. The van der Waals surface area contributed by atoms with Crippen molar-refractivity contribution in [2.45, 2.75) is 40.2 Å². The van der Waals surface area contributed by atoms with Gasteiger partial charge >= 0.3 is 8.80 Å². The Hall–Kier alpha value is -0.503. The second-order valence-corrected chi connectivity index (χ2v) is 5.55. The molecule has 0 aromatic heterocycles. The van der Waals surface area contributed by atoms with Crippen molar-refractivity contribution >= 4 is 8.80 Å². The molecule has 0 heterocycles. The smallest absolute Gasteiger partial charge is 0.379 e. The SMILES string of the molecule is CCC[Si](OCC)(OCC)OCC.O=NO. The van der Waals surface area contributed by atoms with Crippen LogP contribution in [0.25, 0.3) is 0 Å². The highest BCUT2D eigenvalue weighted by molar-refractivity contribution is 6.60. The van der Waals surface area contributed by atoms with Gasteiger partial charge in [0.1, 0.15) is 0 Å². The maximum Gasteiger partial charge on any atom is 0.500 e. The molecule has 0 aliphatic rings.